The number of thiophene rings is 1. The van der Waals surface area contributed by atoms with Crippen LogP contribution in [0.1, 0.15) is 21.3 Å². The summed E-state index contributed by atoms with van der Waals surface area (Å²) in [6.45, 7) is 5.58. The van der Waals surface area contributed by atoms with E-state index in [2.05, 4.69) is 37.6 Å². The average Bonchev–Trinajstić information content (AvgIpc) is 3.37. The first kappa shape index (κ1) is 19.1. The van der Waals surface area contributed by atoms with Gasteiger partial charge in [-0.1, -0.05) is 17.7 Å². The van der Waals surface area contributed by atoms with E-state index in [0.29, 0.717) is 23.1 Å². The highest BCUT2D eigenvalue weighted by atomic mass is 35.5. The second kappa shape index (κ2) is 8.87. The SMILES string of the molecule is O=C(Nc1ccc(Cl)cc1)c1coc(CN2CCN(Cc3cccs3)CC2)n1. The van der Waals surface area contributed by atoms with Crippen LogP contribution in [0.25, 0.3) is 0 Å². The van der Waals surface area contributed by atoms with Gasteiger partial charge in [0.1, 0.15) is 6.26 Å². The molecular weight excluding hydrogens is 396 g/mol. The van der Waals surface area contributed by atoms with E-state index < -0.39 is 0 Å². The summed E-state index contributed by atoms with van der Waals surface area (Å²) in [4.78, 5) is 22.8. The van der Waals surface area contributed by atoms with Crippen molar-refractivity contribution in [3.63, 3.8) is 0 Å². The van der Waals surface area contributed by atoms with Crippen LogP contribution in [0.5, 0.6) is 0 Å². The number of amides is 1. The van der Waals surface area contributed by atoms with Crippen LogP contribution in [-0.4, -0.2) is 46.9 Å². The highest BCUT2D eigenvalue weighted by Gasteiger charge is 2.20. The van der Waals surface area contributed by atoms with Crippen molar-refractivity contribution in [3.8, 4) is 0 Å². The van der Waals surface area contributed by atoms with Crippen LogP contribution >= 0.6 is 22.9 Å². The van der Waals surface area contributed by atoms with Crippen LogP contribution in [0.4, 0.5) is 5.69 Å². The maximum Gasteiger partial charge on any atom is 0.277 e. The van der Waals surface area contributed by atoms with Gasteiger partial charge in [-0.3, -0.25) is 14.6 Å². The van der Waals surface area contributed by atoms with Gasteiger partial charge in [0.15, 0.2) is 5.69 Å². The number of benzene rings is 1. The van der Waals surface area contributed by atoms with E-state index in [-0.39, 0.29) is 11.6 Å². The van der Waals surface area contributed by atoms with Gasteiger partial charge >= 0.3 is 0 Å². The smallest absolute Gasteiger partial charge is 0.277 e. The van der Waals surface area contributed by atoms with Crippen molar-refractivity contribution >= 4 is 34.5 Å². The number of halogens is 1. The predicted molar refractivity (Wildman–Crippen MR) is 111 cm³/mol. The molecule has 4 rings (SSSR count). The van der Waals surface area contributed by atoms with Crippen molar-refractivity contribution in [2.24, 2.45) is 0 Å². The Morgan fingerprint density at radius 2 is 1.82 bits per heavy atom. The summed E-state index contributed by atoms with van der Waals surface area (Å²) in [7, 11) is 0. The van der Waals surface area contributed by atoms with Crippen molar-refractivity contribution in [2.75, 3.05) is 31.5 Å². The van der Waals surface area contributed by atoms with Crippen LogP contribution in [0.3, 0.4) is 0 Å². The Hall–Kier alpha value is -2.19. The van der Waals surface area contributed by atoms with Gasteiger partial charge in [-0.05, 0) is 35.7 Å². The fourth-order valence-electron chi connectivity index (χ4n) is 3.14. The van der Waals surface area contributed by atoms with Crippen molar-refractivity contribution in [3.05, 3.63) is 69.5 Å². The van der Waals surface area contributed by atoms with Crippen molar-refractivity contribution in [2.45, 2.75) is 13.1 Å². The molecule has 1 fully saturated rings. The number of carbonyl (C=O) groups excluding carboxylic acids is 1. The van der Waals surface area contributed by atoms with E-state index in [9.17, 15) is 4.79 Å². The summed E-state index contributed by atoms with van der Waals surface area (Å²) < 4.78 is 5.51. The predicted octanol–water partition coefficient (Wildman–Crippen LogP) is 3.96. The summed E-state index contributed by atoms with van der Waals surface area (Å²) in [6.07, 6.45) is 1.41. The van der Waals surface area contributed by atoms with Gasteiger partial charge in [0, 0.05) is 48.3 Å². The number of anilines is 1. The molecule has 2 aromatic heterocycles. The number of nitrogens with one attached hydrogen (secondary N) is 1. The van der Waals surface area contributed by atoms with Gasteiger partial charge in [-0.25, -0.2) is 4.98 Å². The zero-order valence-corrected chi connectivity index (χ0v) is 16.9. The molecule has 1 saturated heterocycles. The molecule has 8 heteroatoms. The first-order chi connectivity index (χ1) is 13.7. The van der Waals surface area contributed by atoms with Gasteiger partial charge in [-0.15, -0.1) is 11.3 Å². The fourth-order valence-corrected chi connectivity index (χ4v) is 4.01. The Kier molecular flexibility index (Phi) is 6.07. The third-order valence-electron chi connectivity index (χ3n) is 4.67. The number of carbonyl (C=O) groups is 1. The zero-order chi connectivity index (χ0) is 19.3. The molecule has 0 unspecified atom stereocenters. The number of hydrogen-bond acceptors (Lipinski definition) is 6. The Morgan fingerprint density at radius 3 is 2.50 bits per heavy atom. The molecule has 1 aliphatic rings. The van der Waals surface area contributed by atoms with Gasteiger partial charge in [0.05, 0.1) is 6.54 Å². The van der Waals surface area contributed by atoms with Gasteiger partial charge < -0.3 is 9.73 Å². The first-order valence-corrected chi connectivity index (χ1v) is 10.4. The number of nitrogens with zero attached hydrogens (tertiary/aromatic N) is 3. The quantitative estimate of drug-likeness (QED) is 0.659. The van der Waals surface area contributed by atoms with Crippen LogP contribution < -0.4 is 5.32 Å². The van der Waals surface area contributed by atoms with Crippen LogP contribution in [-0.2, 0) is 13.1 Å². The number of piperazine rings is 1. The molecule has 3 aromatic rings. The zero-order valence-electron chi connectivity index (χ0n) is 15.3. The third-order valence-corrected chi connectivity index (χ3v) is 5.78. The number of rotatable bonds is 6. The standard InChI is InChI=1S/C20H21ClN4O2S/c21-15-3-5-16(6-4-15)22-20(26)18-14-27-19(23-18)13-25-9-7-24(8-10-25)12-17-2-1-11-28-17/h1-6,11,14H,7-10,12-13H2,(H,22,26). The highest BCUT2D eigenvalue weighted by molar-refractivity contribution is 7.09. The molecule has 0 atom stereocenters. The monoisotopic (exact) mass is 416 g/mol. The first-order valence-electron chi connectivity index (χ1n) is 9.14. The summed E-state index contributed by atoms with van der Waals surface area (Å²) in [5.74, 6) is 0.269. The third kappa shape index (κ3) is 4.99. The van der Waals surface area contributed by atoms with E-state index in [1.165, 1.54) is 11.1 Å². The van der Waals surface area contributed by atoms with E-state index >= 15 is 0 Å². The highest BCUT2D eigenvalue weighted by Crippen LogP contribution is 2.16. The Morgan fingerprint density at radius 1 is 1.11 bits per heavy atom. The lowest BCUT2D eigenvalue weighted by Crippen LogP contribution is -2.45. The largest absolute Gasteiger partial charge is 0.447 e. The molecule has 1 amide bonds. The van der Waals surface area contributed by atoms with Gasteiger partial charge in [-0.2, -0.15) is 0 Å². The lowest BCUT2D eigenvalue weighted by Gasteiger charge is -2.33. The van der Waals surface area contributed by atoms with E-state index in [1.807, 2.05) is 0 Å². The minimum atomic E-state index is -0.293. The minimum absolute atomic E-state index is 0.279. The summed E-state index contributed by atoms with van der Waals surface area (Å²) in [5, 5.41) is 5.53. The second-order valence-corrected chi connectivity index (χ2v) is 8.19. The minimum Gasteiger partial charge on any atom is -0.447 e. The molecule has 0 aliphatic carbocycles. The van der Waals surface area contributed by atoms with Gasteiger partial charge in [0.2, 0.25) is 5.89 Å². The van der Waals surface area contributed by atoms with Crippen LogP contribution in [0, 0.1) is 0 Å². The molecule has 0 radical (unpaired) electrons. The lowest BCUT2D eigenvalue weighted by atomic mass is 10.3. The topological polar surface area (TPSA) is 61.6 Å². The number of aromatic nitrogens is 1. The van der Waals surface area contributed by atoms with Crippen LogP contribution in [0.15, 0.2) is 52.5 Å². The summed E-state index contributed by atoms with van der Waals surface area (Å²) >= 11 is 7.66. The maximum atomic E-state index is 12.3. The molecule has 28 heavy (non-hydrogen) atoms. The van der Waals surface area contributed by atoms with Crippen molar-refractivity contribution in [1.29, 1.82) is 0 Å². The normalized spacial score (nSPS) is 15.6. The van der Waals surface area contributed by atoms with Crippen molar-refractivity contribution < 1.29 is 9.21 Å². The molecular formula is C20H21ClN4O2S. The fraction of sp³-hybridized carbons (Fsp3) is 0.300. The maximum absolute atomic E-state index is 12.3. The Labute approximate surface area is 172 Å². The molecule has 1 aromatic carbocycles. The summed E-state index contributed by atoms with van der Waals surface area (Å²) in [6, 6.07) is 11.2. The van der Waals surface area contributed by atoms with E-state index in [1.54, 1.807) is 35.6 Å². The Balaban J connectivity index is 1.26. The molecule has 6 nitrogen and oxygen atoms in total. The molecule has 146 valence electrons. The summed E-state index contributed by atoms with van der Waals surface area (Å²) in [5.41, 5.74) is 0.946. The van der Waals surface area contributed by atoms with E-state index in [0.717, 1.165) is 32.7 Å². The molecule has 0 spiro atoms. The van der Waals surface area contributed by atoms with Crippen LogP contribution in [0.2, 0.25) is 5.02 Å². The second-order valence-electron chi connectivity index (χ2n) is 6.72. The molecule has 1 N–H and O–H groups in total. The van der Waals surface area contributed by atoms with Crippen molar-refractivity contribution in [1.82, 2.24) is 14.8 Å². The molecule has 0 bridgehead atoms. The number of hydrogen-bond donors (Lipinski definition) is 1. The van der Waals surface area contributed by atoms with Gasteiger partial charge in [0.25, 0.3) is 5.91 Å². The number of oxazole rings is 1. The molecule has 3 heterocycles. The Bertz CT molecular complexity index is 903. The van der Waals surface area contributed by atoms with E-state index in [4.69, 9.17) is 16.0 Å². The lowest BCUT2D eigenvalue weighted by molar-refractivity contribution is 0.102. The molecule has 0 saturated carbocycles. The average molecular weight is 417 g/mol. The molecule has 1 aliphatic heterocycles.